The Morgan fingerprint density at radius 2 is 1.90 bits per heavy atom. The van der Waals surface area contributed by atoms with Crippen molar-refractivity contribution in [1.82, 2.24) is 5.32 Å². The zero-order chi connectivity index (χ0) is 14.6. The van der Waals surface area contributed by atoms with Gasteiger partial charge in [0, 0.05) is 6.54 Å². The topological polar surface area (TPSA) is 49.4 Å². The molecule has 0 bridgehead atoms. The van der Waals surface area contributed by atoms with Gasteiger partial charge in [-0.25, -0.2) is 0 Å². The van der Waals surface area contributed by atoms with E-state index in [4.69, 9.17) is 0 Å². The maximum absolute atomic E-state index is 13.1. The first-order chi connectivity index (χ1) is 10.1. The van der Waals surface area contributed by atoms with E-state index in [0.29, 0.717) is 11.5 Å². The Morgan fingerprint density at radius 1 is 1.19 bits per heavy atom. The van der Waals surface area contributed by atoms with E-state index in [1.165, 1.54) is 12.8 Å². The molecule has 0 aromatic heterocycles. The molecule has 0 saturated heterocycles. The van der Waals surface area contributed by atoms with Crippen LogP contribution in [0.25, 0.3) is 0 Å². The normalized spacial score (nSPS) is 28.9. The number of anilines is 1. The van der Waals surface area contributed by atoms with E-state index >= 15 is 0 Å². The number of nitrogens with one attached hydrogen (secondary N) is 1. The van der Waals surface area contributed by atoms with E-state index in [-0.39, 0.29) is 17.7 Å². The van der Waals surface area contributed by atoms with E-state index in [0.717, 1.165) is 25.1 Å². The van der Waals surface area contributed by atoms with Crippen LogP contribution in [-0.4, -0.2) is 23.9 Å². The Morgan fingerprint density at radius 3 is 2.57 bits per heavy atom. The Labute approximate surface area is 124 Å². The van der Waals surface area contributed by atoms with Gasteiger partial charge in [0.15, 0.2) is 0 Å². The Balaban J connectivity index is 1.81. The molecule has 1 N–H and O–H groups in total. The highest BCUT2D eigenvalue weighted by atomic mass is 16.2. The van der Waals surface area contributed by atoms with Crippen molar-refractivity contribution in [2.24, 2.45) is 11.8 Å². The maximum atomic E-state index is 13.1. The number of carbonyl (C=O) groups excluding carboxylic acids is 2. The molecule has 3 aliphatic rings. The van der Waals surface area contributed by atoms with Crippen LogP contribution >= 0.6 is 0 Å². The van der Waals surface area contributed by atoms with Crippen LogP contribution in [0.5, 0.6) is 0 Å². The van der Waals surface area contributed by atoms with Gasteiger partial charge in [-0.15, -0.1) is 0 Å². The molecule has 1 unspecified atom stereocenters. The summed E-state index contributed by atoms with van der Waals surface area (Å²) in [5.74, 6) is 0.825. The van der Waals surface area contributed by atoms with E-state index in [2.05, 4.69) is 5.32 Å². The summed E-state index contributed by atoms with van der Waals surface area (Å²) in [6, 6.07) is 7.47. The second-order valence-electron chi connectivity index (χ2n) is 6.81. The van der Waals surface area contributed by atoms with Gasteiger partial charge in [0.05, 0.1) is 11.3 Å². The molecule has 110 valence electrons. The van der Waals surface area contributed by atoms with Crippen LogP contribution in [0.1, 0.15) is 43.0 Å². The maximum Gasteiger partial charge on any atom is 0.254 e. The van der Waals surface area contributed by atoms with Crippen molar-refractivity contribution >= 4 is 17.5 Å². The standard InChI is InChI=1S/C17H20N2O2/c1-17(12-8-9-12)16(21)19(10-11-6-7-11)14-5-3-2-4-13(14)15(20)18-17/h2-5,11-12H,6-10H2,1H3,(H,18,20). The molecule has 2 saturated carbocycles. The molecule has 1 aliphatic heterocycles. The van der Waals surface area contributed by atoms with Crippen LogP contribution in [0.2, 0.25) is 0 Å². The van der Waals surface area contributed by atoms with Crippen LogP contribution in [0.15, 0.2) is 24.3 Å². The minimum Gasteiger partial charge on any atom is -0.338 e. The lowest BCUT2D eigenvalue weighted by Crippen LogP contribution is -2.57. The lowest BCUT2D eigenvalue weighted by Gasteiger charge is -2.32. The first-order valence-corrected chi connectivity index (χ1v) is 7.83. The first kappa shape index (κ1) is 12.9. The summed E-state index contributed by atoms with van der Waals surface area (Å²) in [4.78, 5) is 27.6. The highest BCUT2D eigenvalue weighted by Gasteiger charge is 2.52. The predicted octanol–water partition coefficient (Wildman–Crippen LogP) is 2.34. The molecule has 4 rings (SSSR count). The number of nitrogens with zero attached hydrogens (tertiary/aromatic N) is 1. The third-order valence-electron chi connectivity index (χ3n) is 5.03. The lowest BCUT2D eigenvalue weighted by molar-refractivity contribution is -0.124. The van der Waals surface area contributed by atoms with Gasteiger partial charge in [0.1, 0.15) is 5.54 Å². The number of carbonyl (C=O) groups is 2. The molecule has 2 aliphatic carbocycles. The third-order valence-corrected chi connectivity index (χ3v) is 5.03. The fourth-order valence-corrected chi connectivity index (χ4v) is 3.32. The second-order valence-corrected chi connectivity index (χ2v) is 6.81. The fourth-order valence-electron chi connectivity index (χ4n) is 3.32. The fraction of sp³-hybridized carbons (Fsp3) is 0.529. The Bertz CT molecular complexity index is 619. The Kier molecular flexibility index (Phi) is 2.65. The van der Waals surface area contributed by atoms with E-state index < -0.39 is 5.54 Å². The number of amides is 2. The van der Waals surface area contributed by atoms with E-state index in [1.54, 1.807) is 0 Å². The van der Waals surface area contributed by atoms with Gasteiger partial charge in [-0.3, -0.25) is 9.59 Å². The quantitative estimate of drug-likeness (QED) is 0.926. The summed E-state index contributed by atoms with van der Waals surface area (Å²) < 4.78 is 0. The average Bonchev–Trinajstić information content (AvgIpc) is 3.36. The average molecular weight is 284 g/mol. The summed E-state index contributed by atoms with van der Waals surface area (Å²) in [6.45, 7) is 2.64. The number of hydrogen-bond donors (Lipinski definition) is 1. The van der Waals surface area contributed by atoms with Crippen molar-refractivity contribution < 1.29 is 9.59 Å². The molecule has 0 spiro atoms. The monoisotopic (exact) mass is 284 g/mol. The third kappa shape index (κ3) is 2.04. The molecule has 1 aromatic carbocycles. The van der Waals surface area contributed by atoms with Crippen LogP contribution < -0.4 is 10.2 Å². The molecule has 1 aromatic rings. The highest BCUT2D eigenvalue weighted by molar-refractivity contribution is 6.12. The van der Waals surface area contributed by atoms with Crippen LogP contribution in [0, 0.1) is 11.8 Å². The molecule has 4 nitrogen and oxygen atoms in total. The van der Waals surface area contributed by atoms with Gasteiger partial charge in [0.2, 0.25) is 0 Å². The Hall–Kier alpha value is -1.84. The minimum absolute atomic E-state index is 0.0650. The molecular formula is C17H20N2O2. The summed E-state index contributed by atoms with van der Waals surface area (Å²) in [5.41, 5.74) is 0.650. The van der Waals surface area contributed by atoms with Gasteiger partial charge >= 0.3 is 0 Å². The highest BCUT2D eigenvalue weighted by Crippen LogP contribution is 2.44. The summed E-state index contributed by atoms with van der Waals surface area (Å²) in [5, 5.41) is 3.02. The number of benzene rings is 1. The van der Waals surface area contributed by atoms with Gasteiger partial charge in [-0.1, -0.05) is 12.1 Å². The first-order valence-electron chi connectivity index (χ1n) is 7.83. The van der Waals surface area contributed by atoms with Gasteiger partial charge in [0.25, 0.3) is 11.8 Å². The van der Waals surface area contributed by atoms with E-state index in [1.807, 2.05) is 36.1 Å². The zero-order valence-corrected chi connectivity index (χ0v) is 12.3. The largest absolute Gasteiger partial charge is 0.338 e. The molecule has 21 heavy (non-hydrogen) atoms. The molecule has 2 fully saturated rings. The number of hydrogen-bond acceptors (Lipinski definition) is 2. The van der Waals surface area contributed by atoms with E-state index in [9.17, 15) is 9.59 Å². The van der Waals surface area contributed by atoms with Crippen LogP contribution in [-0.2, 0) is 4.79 Å². The summed E-state index contributed by atoms with van der Waals surface area (Å²) in [6.07, 6.45) is 4.42. The van der Waals surface area contributed by atoms with Gasteiger partial charge in [-0.05, 0) is 56.6 Å². The van der Waals surface area contributed by atoms with Gasteiger partial charge in [-0.2, -0.15) is 0 Å². The lowest BCUT2D eigenvalue weighted by atomic mass is 9.94. The van der Waals surface area contributed by atoms with Crippen LogP contribution in [0.3, 0.4) is 0 Å². The minimum atomic E-state index is -0.745. The van der Waals surface area contributed by atoms with Crippen molar-refractivity contribution in [2.45, 2.75) is 38.1 Å². The SMILES string of the molecule is CC1(C2CC2)NC(=O)c2ccccc2N(CC2CC2)C1=O. The van der Waals surface area contributed by atoms with Gasteiger partial charge < -0.3 is 10.2 Å². The molecule has 2 amide bonds. The second kappa shape index (κ2) is 4.33. The van der Waals surface area contributed by atoms with Crippen LogP contribution in [0.4, 0.5) is 5.69 Å². The number of fused-ring (bicyclic) bond motifs is 1. The molecule has 4 heteroatoms. The molecule has 1 atom stereocenters. The van der Waals surface area contributed by atoms with Crippen molar-refractivity contribution in [3.8, 4) is 0 Å². The van der Waals surface area contributed by atoms with Crippen molar-refractivity contribution in [3.63, 3.8) is 0 Å². The van der Waals surface area contributed by atoms with Crippen molar-refractivity contribution in [2.75, 3.05) is 11.4 Å². The number of para-hydroxylation sites is 1. The van der Waals surface area contributed by atoms with Crippen molar-refractivity contribution in [1.29, 1.82) is 0 Å². The summed E-state index contributed by atoms with van der Waals surface area (Å²) >= 11 is 0. The zero-order valence-electron chi connectivity index (χ0n) is 12.3. The van der Waals surface area contributed by atoms with Crippen molar-refractivity contribution in [3.05, 3.63) is 29.8 Å². The molecule has 0 radical (unpaired) electrons. The smallest absolute Gasteiger partial charge is 0.254 e. The molecule has 1 heterocycles. The molecular weight excluding hydrogens is 264 g/mol. The summed E-state index contributed by atoms with van der Waals surface area (Å²) in [7, 11) is 0. The predicted molar refractivity (Wildman–Crippen MR) is 80.1 cm³/mol. The number of rotatable bonds is 3.